The molecule has 0 bridgehead atoms. The molecule has 5 nitrogen and oxygen atoms in total. The Hall–Kier alpha value is -1.98. The molecule has 0 fully saturated rings. The fourth-order valence-corrected chi connectivity index (χ4v) is 2.13. The summed E-state index contributed by atoms with van der Waals surface area (Å²) in [6, 6.07) is 9.25. The molecule has 0 spiro atoms. The SMILES string of the molecule is COc1ccc(Oc2ccc(Cl)cc2CCl)c([N+](=O)[O-])c1. The lowest BCUT2D eigenvalue weighted by atomic mass is 10.2. The zero-order valence-electron chi connectivity index (χ0n) is 11.0. The highest BCUT2D eigenvalue weighted by molar-refractivity contribution is 6.30. The minimum absolute atomic E-state index is 0.106. The summed E-state index contributed by atoms with van der Waals surface area (Å²) in [4.78, 5) is 10.6. The lowest BCUT2D eigenvalue weighted by molar-refractivity contribution is -0.385. The third-order valence-corrected chi connectivity index (χ3v) is 3.27. The molecule has 0 amide bonds. The van der Waals surface area contributed by atoms with E-state index in [0.717, 1.165) is 0 Å². The van der Waals surface area contributed by atoms with E-state index in [1.807, 2.05) is 0 Å². The van der Waals surface area contributed by atoms with Crippen molar-refractivity contribution in [1.29, 1.82) is 0 Å². The van der Waals surface area contributed by atoms with Gasteiger partial charge in [-0.15, -0.1) is 11.6 Å². The van der Waals surface area contributed by atoms with Crippen molar-refractivity contribution in [1.82, 2.24) is 0 Å². The van der Waals surface area contributed by atoms with Gasteiger partial charge in [-0.25, -0.2) is 0 Å². The zero-order chi connectivity index (χ0) is 15.4. The van der Waals surface area contributed by atoms with Gasteiger partial charge in [0.15, 0.2) is 0 Å². The van der Waals surface area contributed by atoms with Crippen molar-refractivity contribution in [2.75, 3.05) is 7.11 Å². The molecule has 0 radical (unpaired) electrons. The van der Waals surface area contributed by atoms with Crippen LogP contribution in [0.15, 0.2) is 36.4 Å². The molecule has 7 heteroatoms. The Morgan fingerprint density at radius 2 is 1.90 bits per heavy atom. The van der Waals surface area contributed by atoms with Gasteiger partial charge in [0, 0.05) is 10.6 Å². The first-order chi connectivity index (χ1) is 10.0. The Morgan fingerprint density at radius 1 is 1.19 bits per heavy atom. The van der Waals surface area contributed by atoms with Crippen LogP contribution >= 0.6 is 23.2 Å². The molecule has 0 N–H and O–H groups in total. The van der Waals surface area contributed by atoms with Crippen molar-refractivity contribution in [3.8, 4) is 17.2 Å². The Balaban J connectivity index is 2.42. The van der Waals surface area contributed by atoms with Crippen LogP contribution in [0, 0.1) is 10.1 Å². The van der Waals surface area contributed by atoms with Crippen LogP contribution in [0.1, 0.15) is 5.56 Å². The molecule has 0 aliphatic carbocycles. The second kappa shape index (κ2) is 6.65. The lowest BCUT2D eigenvalue weighted by Gasteiger charge is -2.11. The topological polar surface area (TPSA) is 61.6 Å². The maximum absolute atomic E-state index is 11.1. The minimum Gasteiger partial charge on any atom is -0.496 e. The third-order valence-electron chi connectivity index (χ3n) is 2.75. The fourth-order valence-electron chi connectivity index (χ4n) is 1.72. The average molecular weight is 328 g/mol. The number of hydrogen-bond acceptors (Lipinski definition) is 4. The van der Waals surface area contributed by atoms with Crippen molar-refractivity contribution >= 4 is 28.9 Å². The molecule has 0 saturated heterocycles. The first-order valence-electron chi connectivity index (χ1n) is 5.90. The van der Waals surface area contributed by atoms with Gasteiger partial charge in [0.05, 0.1) is 24.0 Å². The van der Waals surface area contributed by atoms with Crippen molar-refractivity contribution < 1.29 is 14.4 Å². The lowest BCUT2D eigenvalue weighted by Crippen LogP contribution is -1.96. The minimum atomic E-state index is -0.534. The molecule has 110 valence electrons. The molecule has 0 aliphatic rings. The summed E-state index contributed by atoms with van der Waals surface area (Å²) >= 11 is 11.7. The highest BCUT2D eigenvalue weighted by Gasteiger charge is 2.18. The molecule has 0 unspecified atom stereocenters. The molecule has 0 aliphatic heterocycles. The van der Waals surface area contributed by atoms with Crippen LogP contribution < -0.4 is 9.47 Å². The van der Waals surface area contributed by atoms with E-state index in [4.69, 9.17) is 32.7 Å². The first kappa shape index (κ1) is 15.4. The molecule has 0 atom stereocenters. The fraction of sp³-hybridized carbons (Fsp3) is 0.143. The number of ether oxygens (including phenoxy) is 2. The van der Waals surface area contributed by atoms with Crippen molar-refractivity contribution in [3.63, 3.8) is 0 Å². The predicted molar refractivity (Wildman–Crippen MR) is 80.7 cm³/mol. The molecule has 0 heterocycles. The van der Waals surface area contributed by atoms with Crippen LogP contribution in [0.4, 0.5) is 5.69 Å². The third kappa shape index (κ3) is 3.56. The number of hydrogen-bond donors (Lipinski definition) is 0. The largest absolute Gasteiger partial charge is 0.496 e. The van der Waals surface area contributed by atoms with Crippen molar-refractivity contribution in [2.45, 2.75) is 5.88 Å². The van der Waals surface area contributed by atoms with E-state index in [2.05, 4.69) is 0 Å². The van der Waals surface area contributed by atoms with Gasteiger partial charge in [-0.3, -0.25) is 10.1 Å². The van der Waals surface area contributed by atoms with Gasteiger partial charge >= 0.3 is 5.69 Å². The summed E-state index contributed by atoms with van der Waals surface area (Å²) < 4.78 is 10.6. The average Bonchev–Trinajstić information content (AvgIpc) is 2.49. The van der Waals surface area contributed by atoms with Crippen LogP contribution in [-0.4, -0.2) is 12.0 Å². The van der Waals surface area contributed by atoms with Crippen LogP contribution in [0.5, 0.6) is 17.2 Å². The number of methoxy groups -OCH3 is 1. The molecule has 2 rings (SSSR count). The van der Waals surface area contributed by atoms with Gasteiger partial charge in [0.1, 0.15) is 11.5 Å². The van der Waals surface area contributed by atoms with Gasteiger partial charge in [-0.05, 0) is 30.3 Å². The summed E-state index contributed by atoms with van der Waals surface area (Å²) in [7, 11) is 1.43. The second-order valence-electron chi connectivity index (χ2n) is 4.08. The number of nitro benzene ring substituents is 1. The summed E-state index contributed by atoms with van der Waals surface area (Å²) in [6.07, 6.45) is 0. The molecule has 0 aromatic heterocycles. The van der Waals surface area contributed by atoms with Gasteiger partial charge in [-0.2, -0.15) is 0 Å². The van der Waals surface area contributed by atoms with Crippen LogP contribution in [0.25, 0.3) is 0 Å². The number of halogens is 2. The van der Waals surface area contributed by atoms with Gasteiger partial charge in [0.25, 0.3) is 0 Å². The van der Waals surface area contributed by atoms with E-state index in [-0.39, 0.29) is 17.3 Å². The summed E-state index contributed by atoms with van der Waals surface area (Å²) in [6.45, 7) is 0. The predicted octanol–water partition coefficient (Wildman–Crippen LogP) is 4.79. The Kier molecular flexibility index (Phi) is 4.88. The van der Waals surface area contributed by atoms with Gasteiger partial charge in [0.2, 0.25) is 5.75 Å². The first-order valence-corrected chi connectivity index (χ1v) is 6.81. The monoisotopic (exact) mass is 327 g/mol. The molecular weight excluding hydrogens is 317 g/mol. The van der Waals surface area contributed by atoms with Crippen LogP contribution in [0.3, 0.4) is 0 Å². The summed E-state index contributed by atoms with van der Waals surface area (Å²) in [5, 5.41) is 11.6. The van der Waals surface area contributed by atoms with Gasteiger partial charge < -0.3 is 9.47 Å². The molecule has 2 aromatic carbocycles. The van der Waals surface area contributed by atoms with Crippen molar-refractivity contribution in [3.05, 3.63) is 57.1 Å². The number of nitro groups is 1. The number of nitrogens with zero attached hydrogens (tertiary/aromatic N) is 1. The normalized spacial score (nSPS) is 10.2. The highest BCUT2D eigenvalue weighted by atomic mass is 35.5. The standard InChI is InChI=1S/C14H11Cl2NO4/c1-20-11-3-5-14(12(7-11)17(18)19)21-13-4-2-10(16)6-9(13)8-15/h2-7H,8H2,1H3. The second-order valence-corrected chi connectivity index (χ2v) is 4.78. The summed E-state index contributed by atoms with van der Waals surface area (Å²) in [5.74, 6) is 1.08. The Bertz CT molecular complexity index is 676. The van der Waals surface area contributed by atoms with Crippen molar-refractivity contribution in [2.24, 2.45) is 0 Å². The zero-order valence-corrected chi connectivity index (χ0v) is 12.5. The number of alkyl halides is 1. The molecule has 21 heavy (non-hydrogen) atoms. The molecule has 0 saturated carbocycles. The maximum atomic E-state index is 11.1. The van der Waals surface area contributed by atoms with E-state index in [1.165, 1.54) is 19.2 Å². The molecule has 2 aromatic rings. The van der Waals surface area contributed by atoms with Crippen LogP contribution in [-0.2, 0) is 5.88 Å². The van der Waals surface area contributed by atoms with Crippen LogP contribution in [0.2, 0.25) is 5.02 Å². The van der Waals surface area contributed by atoms with E-state index < -0.39 is 4.92 Å². The number of benzene rings is 2. The summed E-state index contributed by atoms with van der Waals surface area (Å²) in [5.41, 5.74) is 0.458. The van der Waals surface area contributed by atoms with Gasteiger partial charge in [-0.1, -0.05) is 11.6 Å². The highest BCUT2D eigenvalue weighted by Crippen LogP contribution is 2.36. The van der Waals surface area contributed by atoms with E-state index in [0.29, 0.717) is 22.1 Å². The Labute approximate surface area is 131 Å². The number of rotatable bonds is 5. The quantitative estimate of drug-likeness (QED) is 0.450. The maximum Gasteiger partial charge on any atom is 0.315 e. The molecular formula is C14H11Cl2NO4. The smallest absolute Gasteiger partial charge is 0.315 e. The van der Waals surface area contributed by atoms with E-state index >= 15 is 0 Å². The van der Waals surface area contributed by atoms with E-state index in [9.17, 15) is 10.1 Å². The Morgan fingerprint density at radius 3 is 2.52 bits per heavy atom. The van der Waals surface area contributed by atoms with E-state index in [1.54, 1.807) is 24.3 Å².